The lowest BCUT2D eigenvalue weighted by molar-refractivity contribution is 0.204. The Morgan fingerprint density at radius 2 is 2.42 bits per heavy atom. The van der Waals surface area contributed by atoms with Gasteiger partial charge in [-0.05, 0) is 24.6 Å². The second-order valence-electron chi connectivity index (χ2n) is 4.82. The van der Waals surface area contributed by atoms with Crippen molar-refractivity contribution < 1.29 is 5.21 Å². The van der Waals surface area contributed by atoms with Crippen LogP contribution in [0, 0.1) is 0 Å². The molecule has 19 heavy (non-hydrogen) atoms. The summed E-state index contributed by atoms with van der Waals surface area (Å²) in [7, 11) is 0. The van der Waals surface area contributed by atoms with Crippen LogP contribution in [0.5, 0.6) is 0 Å². The van der Waals surface area contributed by atoms with Crippen LogP contribution in [0.1, 0.15) is 25.1 Å². The fourth-order valence-electron chi connectivity index (χ4n) is 2.22. The summed E-state index contributed by atoms with van der Waals surface area (Å²) in [5, 5.41) is 12.3. The van der Waals surface area contributed by atoms with Crippen molar-refractivity contribution in [2.24, 2.45) is 10.9 Å². The first-order valence-corrected chi connectivity index (χ1v) is 7.45. The molecule has 2 heterocycles. The molecule has 1 aromatic heterocycles. The van der Waals surface area contributed by atoms with E-state index in [4.69, 9.17) is 10.9 Å². The zero-order valence-electron chi connectivity index (χ0n) is 11.3. The number of pyridine rings is 1. The monoisotopic (exact) mass is 280 g/mol. The summed E-state index contributed by atoms with van der Waals surface area (Å²) in [4.78, 5) is 6.56. The molecule has 6 heteroatoms. The smallest absolute Gasteiger partial charge is 0.188 e. The summed E-state index contributed by atoms with van der Waals surface area (Å²) in [6, 6.07) is 4.42. The number of hydrogen-bond acceptors (Lipinski definition) is 5. The Hall–Kier alpha value is -1.27. The van der Waals surface area contributed by atoms with Gasteiger partial charge in [-0.15, -0.1) is 0 Å². The highest BCUT2D eigenvalue weighted by Gasteiger charge is 2.25. The fourth-order valence-corrected chi connectivity index (χ4v) is 3.38. The molecular formula is C13H20N4OS. The molecule has 0 amide bonds. The molecule has 104 valence electrons. The molecule has 1 saturated heterocycles. The summed E-state index contributed by atoms with van der Waals surface area (Å²) < 4.78 is 0. The van der Waals surface area contributed by atoms with Crippen LogP contribution in [0.2, 0.25) is 0 Å². The largest absolute Gasteiger partial charge is 0.409 e. The van der Waals surface area contributed by atoms with Gasteiger partial charge < -0.3 is 10.9 Å². The molecule has 3 N–H and O–H groups in total. The van der Waals surface area contributed by atoms with Crippen molar-refractivity contribution in [1.82, 2.24) is 9.88 Å². The zero-order chi connectivity index (χ0) is 13.8. The van der Waals surface area contributed by atoms with Crippen molar-refractivity contribution in [3.63, 3.8) is 0 Å². The highest BCUT2D eigenvalue weighted by molar-refractivity contribution is 8.00. The molecule has 2 unspecified atom stereocenters. The maximum absolute atomic E-state index is 8.69. The Labute approximate surface area is 117 Å². The van der Waals surface area contributed by atoms with Crippen LogP contribution in [0.25, 0.3) is 0 Å². The average molecular weight is 280 g/mol. The third-order valence-corrected chi connectivity index (χ3v) is 4.93. The molecule has 1 aromatic rings. The van der Waals surface area contributed by atoms with Crippen LogP contribution in [0.3, 0.4) is 0 Å². The van der Waals surface area contributed by atoms with Crippen molar-refractivity contribution in [2.75, 3.05) is 12.3 Å². The fraction of sp³-hybridized carbons (Fsp3) is 0.538. The van der Waals surface area contributed by atoms with Crippen LogP contribution in [-0.2, 0) is 6.54 Å². The Morgan fingerprint density at radius 1 is 1.63 bits per heavy atom. The first-order valence-electron chi connectivity index (χ1n) is 6.40. The Bertz CT molecular complexity index is 466. The van der Waals surface area contributed by atoms with Crippen LogP contribution >= 0.6 is 11.8 Å². The molecule has 5 nitrogen and oxygen atoms in total. The normalized spacial score (nSPS) is 25.5. The van der Waals surface area contributed by atoms with Crippen LogP contribution in [-0.4, -0.2) is 44.5 Å². The predicted molar refractivity (Wildman–Crippen MR) is 78.5 cm³/mol. The number of oxime groups is 1. The van der Waals surface area contributed by atoms with E-state index < -0.39 is 0 Å². The number of nitrogens with two attached hydrogens (primary N) is 1. The summed E-state index contributed by atoms with van der Waals surface area (Å²) in [6.07, 6.45) is 1.70. The number of nitrogens with zero attached hydrogens (tertiary/aromatic N) is 3. The lowest BCUT2D eigenvalue weighted by Crippen LogP contribution is -2.43. The number of rotatable bonds is 3. The van der Waals surface area contributed by atoms with E-state index in [1.54, 1.807) is 6.20 Å². The SMILES string of the molecule is CC1SCCN(Cc2ccnc(/C(N)=N/O)c2)C1C. The third-order valence-electron chi connectivity index (χ3n) is 3.59. The van der Waals surface area contributed by atoms with Crippen molar-refractivity contribution in [3.8, 4) is 0 Å². The van der Waals surface area contributed by atoms with Crippen LogP contribution in [0.15, 0.2) is 23.5 Å². The lowest BCUT2D eigenvalue weighted by atomic mass is 10.1. The van der Waals surface area contributed by atoms with Gasteiger partial charge >= 0.3 is 0 Å². The minimum Gasteiger partial charge on any atom is -0.409 e. The van der Waals surface area contributed by atoms with E-state index in [1.165, 1.54) is 5.75 Å². The van der Waals surface area contributed by atoms with Gasteiger partial charge in [-0.25, -0.2) is 0 Å². The van der Waals surface area contributed by atoms with E-state index in [0.717, 1.165) is 18.7 Å². The summed E-state index contributed by atoms with van der Waals surface area (Å²) >= 11 is 2.03. The minimum atomic E-state index is 0.0532. The average Bonchev–Trinajstić information content (AvgIpc) is 2.43. The van der Waals surface area contributed by atoms with Gasteiger partial charge in [0.2, 0.25) is 0 Å². The topological polar surface area (TPSA) is 74.7 Å². The molecule has 1 aliphatic heterocycles. The number of amidine groups is 1. The molecule has 2 rings (SSSR count). The van der Waals surface area contributed by atoms with Gasteiger partial charge in [0.05, 0.1) is 0 Å². The van der Waals surface area contributed by atoms with E-state index in [-0.39, 0.29) is 5.84 Å². The van der Waals surface area contributed by atoms with E-state index in [1.807, 2.05) is 23.9 Å². The van der Waals surface area contributed by atoms with Gasteiger partial charge in [0.25, 0.3) is 0 Å². The lowest BCUT2D eigenvalue weighted by Gasteiger charge is -2.37. The Morgan fingerprint density at radius 3 is 3.16 bits per heavy atom. The van der Waals surface area contributed by atoms with Gasteiger partial charge in [-0.3, -0.25) is 9.88 Å². The number of aromatic nitrogens is 1. The minimum absolute atomic E-state index is 0.0532. The van der Waals surface area contributed by atoms with Gasteiger partial charge in [0, 0.05) is 36.3 Å². The molecule has 1 aliphatic rings. The van der Waals surface area contributed by atoms with Crippen molar-refractivity contribution in [2.45, 2.75) is 31.7 Å². The first-order chi connectivity index (χ1) is 9.11. The third kappa shape index (κ3) is 3.39. The molecule has 0 bridgehead atoms. The highest BCUT2D eigenvalue weighted by atomic mass is 32.2. The maximum atomic E-state index is 8.69. The van der Waals surface area contributed by atoms with Crippen LogP contribution in [0.4, 0.5) is 0 Å². The van der Waals surface area contributed by atoms with Crippen molar-refractivity contribution in [3.05, 3.63) is 29.6 Å². The summed E-state index contributed by atoms with van der Waals surface area (Å²) in [5.41, 5.74) is 7.23. The highest BCUT2D eigenvalue weighted by Crippen LogP contribution is 2.25. The molecule has 0 aromatic carbocycles. The van der Waals surface area contributed by atoms with Gasteiger partial charge in [-0.2, -0.15) is 11.8 Å². The molecule has 2 atom stereocenters. The van der Waals surface area contributed by atoms with Crippen molar-refractivity contribution in [1.29, 1.82) is 0 Å². The van der Waals surface area contributed by atoms with Crippen molar-refractivity contribution >= 4 is 17.6 Å². The predicted octanol–water partition coefficient (Wildman–Crippen LogP) is 1.50. The molecule has 0 aliphatic carbocycles. The van der Waals surface area contributed by atoms with E-state index in [9.17, 15) is 0 Å². The number of thioether (sulfide) groups is 1. The first kappa shape index (κ1) is 14.1. The number of hydrogen-bond donors (Lipinski definition) is 2. The second-order valence-corrected chi connectivity index (χ2v) is 6.31. The molecular weight excluding hydrogens is 260 g/mol. The van der Waals surface area contributed by atoms with Gasteiger partial charge in [0.15, 0.2) is 5.84 Å². The molecule has 0 saturated carbocycles. The molecule has 0 spiro atoms. The summed E-state index contributed by atoms with van der Waals surface area (Å²) in [5.74, 6) is 1.22. The van der Waals surface area contributed by atoms with E-state index in [0.29, 0.717) is 17.0 Å². The Balaban J connectivity index is 2.10. The van der Waals surface area contributed by atoms with E-state index in [2.05, 4.69) is 28.9 Å². The van der Waals surface area contributed by atoms with Crippen LogP contribution < -0.4 is 5.73 Å². The summed E-state index contributed by atoms with van der Waals surface area (Å²) in [6.45, 7) is 6.51. The molecule has 1 fully saturated rings. The maximum Gasteiger partial charge on any atom is 0.188 e. The van der Waals surface area contributed by atoms with E-state index >= 15 is 0 Å². The van der Waals surface area contributed by atoms with Gasteiger partial charge in [0.1, 0.15) is 5.69 Å². The Kier molecular flexibility index (Phi) is 4.66. The molecule has 0 radical (unpaired) electrons. The standard InChI is InChI=1S/C13H20N4OS/c1-9-10(2)19-6-5-17(9)8-11-3-4-15-12(7-11)13(14)16-18/h3-4,7,9-10,18H,5-6,8H2,1-2H3,(H2,14,16). The quantitative estimate of drug-likeness (QED) is 0.380. The van der Waals surface area contributed by atoms with Gasteiger partial charge in [-0.1, -0.05) is 12.1 Å². The zero-order valence-corrected chi connectivity index (χ0v) is 12.1. The second kappa shape index (κ2) is 6.25.